The number of imide groups is 1. The van der Waals surface area contributed by atoms with Gasteiger partial charge in [0.25, 0.3) is 11.8 Å². The van der Waals surface area contributed by atoms with Gasteiger partial charge in [-0.1, -0.05) is 19.0 Å². The molecule has 1 saturated heterocycles. The van der Waals surface area contributed by atoms with Gasteiger partial charge in [-0.25, -0.2) is 4.79 Å². The molecule has 0 aliphatic carbocycles. The lowest BCUT2D eigenvalue weighted by atomic mass is 10.0. The maximum atomic E-state index is 12.4. The second-order valence-corrected chi connectivity index (χ2v) is 6.98. The zero-order chi connectivity index (χ0) is 23.9. The smallest absolute Gasteiger partial charge is 0.352 e. The van der Waals surface area contributed by atoms with Crippen LogP contribution in [0.2, 0.25) is 0 Å². The zero-order valence-corrected chi connectivity index (χ0v) is 18.1. The molecule has 1 fully saturated rings. The SMILES string of the molecule is CC(C)[C@H](NC(=O)CCOCCOCCN=[N+]=[N-])C(=O)NCC(=O)ON1C(=O)CCC1=O. The van der Waals surface area contributed by atoms with Gasteiger partial charge in [-0.2, -0.15) is 0 Å². The number of amides is 4. The molecule has 14 nitrogen and oxygen atoms in total. The Hall–Kier alpha value is -3.22. The Morgan fingerprint density at radius 3 is 2.31 bits per heavy atom. The maximum Gasteiger partial charge on any atom is 0.352 e. The van der Waals surface area contributed by atoms with Crippen molar-refractivity contribution in [3.8, 4) is 0 Å². The third-order valence-electron chi connectivity index (χ3n) is 4.12. The lowest BCUT2D eigenvalue weighted by Gasteiger charge is -2.21. The maximum absolute atomic E-state index is 12.4. The van der Waals surface area contributed by atoms with Gasteiger partial charge in [0.05, 0.1) is 26.4 Å². The molecule has 0 radical (unpaired) electrons. The Labute approximate surface area is 184 Å². The van der Waals surface area contributed by atoms with E-state index in [0.717, 1.165) is 0 Å². The van der Waals surface area contributed by atoms with Crippen molar-refractivity contribution in [3.05, 3.63) is 10.4 Å². The summed E-state index contributed by atoms with van der Waals surface area (Å²) in [4.78, 5) is 66.4. The standard InChI is InChI=1S/C18H28N6O8/c1-12(2)17(22-13(25)5-7-30-9-10-31-8-6-21-23-19)18(29)20-11-16(28)32-24-14(26)3-4-15(24)27/h12,17H,3-11H2,1-2H3,(H,20,29)(H,22,25)/t17-/m0/s1. The van der Waals surface area contributed by atoms with Gasteiger partial charge in [0, 0.05) is 30.7 Å². The minimum Gasteiger partial charge on any atom is -0.379 e. The van der Waals surface area contributed by atoms with E-state index in [2.05, 4.69) is 25.5 Å². The molecule has 0 aromatic carbocycles. The summed E-state index contributed by atoms with van der Waals surface area (Å²) in [7, 11) is 0. The van der Waals surface area contributed by atoms with E-state index in [9.17, 15) is 24.0 Å². The first kappa shape index (κ1) is 26.8. The van der Waals surface area contributed by atoms with E-state index in [1.54, 1.807) is 13.8 Å². The number of hydroxylamine groups is 2. The summed E-state index contributed by atoms with van der Waals surface area (Å²) in [6.45, 7) is 4.01. The first-order valence-corrected chi connectivity index (χ1v) is 10.1. The second kappa shape index (κ2) is 14.7. The van der Waals surface area contributed by atoms with Crippen LogP contribution in [0, 0.1) is 5.92 Å². The summed E-state index contributed by atoms with van der Waals surface area (Å²) < 4.78 is 10.4. The first-order chi connectivity index (χ1) is 15.3. The highest BCUT2D eigenvalue weighted by Crippen LogP contribution is 2.11. The van der Waals surface area contributed by atoms with Gasteiger partial charge in [0.15, 0.2) is 0 Å². The molecule has 1 rings (SSSR count). The largest absolute Gasteiger partial charge is 0.379 e. The van der Waals surface area contributed by atoms with Gasteiger partial charge < -0.3 is 24.9 Å². The average molecular weight is 456 g/mol. The lowest BCUT2D eigenvalue weighted by molar-refractivity contribution is -0.196. The number of hydrogen-bond acceptors (Lipinski definition) is 9. The van der Waals surface area contributed by atoms with E-state index >= 15 is 0 Å². The predicted molar refractivity (Wildman–Crippen MR) is 107 cm³/mol. The highest BCUT2D eigenvalue weighted by Gasteiger charge is 2.33. The van der Waals surface area contributed by atoms with Crippen LogP contribution < -0.4 is 10.6 Å². The summed E-state index contributed by atoms with van der Waals surface area (Å²) in [6, 6.07) is -0.908. The van der Waals surface area contributed by atoms with E-state index in [4.69, 9.17) is 15.0 Å². The number of carbonyl (C=O) groups excluding carboxylic acids is 5. The summed E-state index contributed by atoms with van der Waals surface area (Å²) in [5, 5.41) is 8.60. The molecule has 0 bridgehead atoms. The summed E-state index contributed by atoms with van der Waals surface area (Å²) >= 11 is 0. The number of azide groups is 1. The van der Waals surface area contributed by atoms with E-state index in [-0.39, 0.29) is 58.2 Å². The van der Waals surface area contributed by atoms with Crippen LogP contribution in [0.4, 0.5) is 0 Å². The average Bonchev–Trinajstić information content (AvgIpc) is 3.06. The Morgan fingerprint density at radius 1 is 1.09 bits per heavy atom. The number of rotatable bonds is 15. The third kappa shape index (κ3) is 10.2. The molecular formula is C18H28N6O8. The molecular weight excluding hydrogens is 428 g/mol. The molecule has 0 saturated carbocycles. The minimum absolute atomic E-state index is 0.0104. The van der Waals surface area contributed by atoms with E-state index in [1.807, 2.05) is 0 Å². The minimum atomic E-state index is -0.981. The van der Waals surface area contributed by atoms with Crippen LogP contribution in [0.25, 0.3) is 10.4 Å². The Kier molecular flexibility index (Phi) is 12.3. The Bertz CT molecular complexity index is 721. The first-order valence-electron chi connectivity index (χ1n) is 10.1. The third-order valence-corrected chi connectivity index (χ3v) is 4.12. The molecule has 2 N–H and O–H groups in total. The molecule has 14 heteroatoms. The van der Waals surface area contributed by atoms with Crippen LogP contribution in [0.15, 0.2) is 5.11 Å². The van der Waals surface area contributed by atoms with Crippen molar-refractivity contribution in [1.82, 2.24) is 15.7 Å². The monoisotopic (exact) mass is 456 g/mol. The van der Waals surface area contributed by atoms with Crippen LogP contribution >= 0.6 is 0 Å². The van der Waals surface area contributed by atoms with Crippen molar-refractivity contribution in [2.75, 3.05) is 39.5 Å². The lowest BCUT2D eigenvalue weighted by Crippen LogP contribution is -2.51. The predicted octanol–water partition coefficient (Wildman–Crippen LogP) is -0.416. The molecule has 1 aliphatic heterocycles. The second-order valence-electron chi connectivity index (χ2n) is 6.98. The molecule has 0 spiro atoms. The molecule has 0 aromatic heterocycles. The van der Waals surface area contributed by atoms with Gasteiger partial charge in [-0.15, -0.1) is 5.06 Å². The van der Waals surface area contributed by atoms with Crippen LogP contribution in [0.5, 0.6) is 0 Å². The number of carbonyl (C=O) groups is 5. The number of nitrogens with one attached hydrogen (secondary N) is 2. The van der Waals surface area contributed by atoms with Gasteiger partial charge in [-0.05, 0) is 11.4 Å². The Balaban J connectivity index is 2.29. The molecule has 1 aliphatic rings. The van der Waals surface area contributed by atoms with Crippen molar-refractivity contribution < 1.29 is 38.3 Å². The normalized spacial score (nSPS) is 14.2. The van der Waals surface area contributed by atoms with Gasteiger partial charge in [-0.3, -0.25) is 19.2 Å². The fourth-order valence-corrected chi connectivity index (χ4v) is 2.48. The van der Waals surface area contributed by atoms with Gasteiger partial charge >= 0.3 is 5.97 Å². The Morgan fingerprint density at radius 2 is 1.72 bits per heavy atom. The quantitative estimate of drug-likeness (QED) is 0.109. The van der Waals surface area contributed by atoms with Crippen molar-refractivity contribution in [3.63, 3.8) is 0 Å². The molecule has 32 heavy (non-hydrogen) atoms. The van der Waals surface area contributed by atoms with E-state index in [1.165, 1.54) is 0 Å². The number of hydrogen-bond donors (Lipinski definition) is 2. The van der Waals surface area contributed by atoms with Crippen LogP contribution in [-0.4, -0.2) is 80.2 Å². The number of ether oxygens (including phenoxy) is 2. The van der Waals surface area contributed by atoms with E-state index < -0.39 is 42.2 Å². The highest BCUT2D eigenvalue weighted by atomic mass is 16.7. The molecule has 4 amide bonds. The van der Waals surface area contributed by atoms with Gasteiger partial charge in [0.1, 0.15) is 12.6 Å². The summed E-state index contributed by atoms with van der Waals surface area (Å²) in [5.41, 5.74) is 8.12. The zero-order valence-electron chi connectivity index (χ0n) is 18.1. The van der Waals surface area contributed by atoms with Crippen molar-refractivity contribution in [2.45, 2.75) is 39.2 Å². The molecule has 0 aromatic rings. The van der Waals surface area contributed by atoms with E-state index in [0.29, 0.717) is 5.06 Å². The van der Waals surface area contributed by atoms with Crippen LogP contribution in [0.1, 0.15) is 33.1 Å². The van der Waals surface area contributed by atoms with Crippen molar-refractivity contribution in [2.24, 2.45) is 11.0 Å². The molecule has 1 heterocycles. The topological polar surface area (TPSA) is 189 Å². The molecule has 0 unspecified atom stereocenters. The van der Waals surface area contributed by atoms with Crippen LogP contribution in [-0.2, 0) is 38.3 Å². The highest BCUT2D eigenvalue weighted by molar-refractivity contribution is 6.01. The molecule has 1 atom stereocenters. The summed E-state index contributed by atoms with van der Waals surface area (Å²) in [5.74, 6) is -3.53. The van der Waals surface area contributed by atoms with Crippen molar-refractivity contribution in [1.29, 1.82) is 0 Å². The van der Waals surface area contributed by atoms with Gasteiger partial charge in [0.2, 0.25) is 11.8 Å². The number of nitrogens with zero attached hydrogens (tertiary/aromatic N) is 4. The molecule has 178 valence electrons. The summed E-state index contributed by atoms with van der Waals surface area (Å²) in [6.07, 6.45) is -0.0569. The fourth-order valence-electron chi connectivity index (χ4n) is 2.48. The van der Waals surface area contributed by atoms with Crippen LogP contribution in [0.3, 0.4) is 0 Å². The van der Waals surface area contributed by atoms with Crippen molar-refractivity contribution >= 4 is 29.6 Å². The fraction of sp³-hybridized carbons (Fsp3) is 0.722.